The summed E-state index contributed by atoms with van der Waals surface area (Å²) in [5.41, 5.74) is 1.11. The van der Waals surface area contributed by atoms with E-state index in [4.69, 9.17) is 9.47 Å². The number of H-pyrrole nitrogens is 1. The van der Waals surface area contributed by atoms with Gasteiger partial charge in [-0.2, -0.15) is 0 Å². The third-order valence-corrected chi connectivity index (χ3v) is 5.38. The third kappa shape index (κ3) is 4.45. The maximum atomic E-state index is 12.3. The Balaban J connectivity index is 1.49. The highest BCUT2D eigenvalue weighted by molar-refractivity contribution is 5.80. The van der Waals surface area contributed by atoms with Gasteiger partial charge in [0.15, 0.2) is 18.1 Å². The zero-order valence-electron chi connectivity index (χ0n) is 16.9. The molecule has 1 aliphatic carbocycles. The van der Waals surface area contributed by atoms with Crippen LogP contribution < -0.4 is 20.3 Å². The summed E-state index contributed by atoms with van der Waals surface area (Å²) >= 11 is 0. The van der Waals surface area contributed by atoms with Gasteiger partial charge in [-0.05, 0) is 43.2 Å². The minimum Gasteiger partial charge on any atom is -0.493 e. The number of amides is 1. The maximum absolute atomic E-state index is 12.3. The number of benzene rings is 2. The Labute approximate surface area is 174 Å². The van der Waals surface area contributed by atoms with E-state index in [2.05, 4.69) is 15.3 Å². The number of aromatic nitrogens is 2. The molecule has 1 aromatic heterocycles. The third-order valence-electron chi connectivity index (χ3n) is 5.38. The van der Waals surface area contributed by atoms with Crippen molar-refractivity contribution in [2.24, 2.45) is 0 Å². The molecule has 1 heterocycles. The molecule has 4 rings (SSSR count). The summed E-state index contributed by atoms with van der Waals surface area (Å²) in [6, 6.07) is 12.7. The largest absolute Gasteiger partial charge is 0.493 e. The van der Waals surface area contributed by atoms with Crippen LogP contribution in [-0.2, 0) is 4.79 Å². The normalized spacial score (nSPS) is 14.4. The monoisotopic (exact) mass is 407 g/mol. The molecule has 1 saturated carbocycles. The molecule has 1 fully saturated rings. The fourth-order valence-corrected chi connectivity index (χ4v) is 3.82. The number of aromatic amines is 1. The van der Waals surface area contributed by atoms with E-state index >= 15 is 0 Å². The molecule has 7 nitrogen and oxygen atoms in total. The topological polar surface area (TPSA) is 93.3 Å². The summed E-state index contributed by atoms with van der Waals surface area (Å²) in [7, 11) is 1.53. The van der Waals surface area contributed by atoms with Gasteiger partial charge in [0.1, 0.15) is 5.82 Å². The van der Waals surface area contributed by atoms with Crippen LogP contribution in [0.1, 0.15) is 32.1 Å². The van der Waals surface area contributed by atoms with Crippen LogP contribution in [0.4, 0.5) is 0 Å². The average molecular weight is 407 g/mol. The highest BCUT2D eigenvalue weighted by Crippen LogP contribution is 2.31. The van der Waals surface area contributed by atoms with Crippen LogP contribution in [-0.4, -0.2) is 35.6 Å². The standard InChI is InChI=1S/C23H25N3O4/c1-29-20-13-15(22-25-18-10-6-5-9-17(18)23(28)26-22)11-12-19(20)30-14-21(27)24-16-7-3-2-4-8-16/h5-6,9-13,16H,2-4,7-8,14H2,1H3,(H,24,27)(H,25,26,28). The minimum absolute atomic E-state index is 0.0722. The number of ether oxygens (including phenoxy) is 2. The zero-order chi connectivity index (χ0) is 20.9. The van der Waals surface area contributed by atoms with E-state index in [1.165, 1.54) is 13.5 Å². The fraction of sp³-hybridized carbons (Fsp3) is 0.348. The molecule has 0 saturated heterocycles. The Morgan fingerprint density at radius 1 is 1.13 bits per heavy atom. The molecule has 0 bridgehead atoms. The number of hydrogen-bond acceptors (Lipinski definition) is 5. The summed E-state index contributed by atoms with van der Waals surface area (Å²) < 4.78 is 11.1. The van der Waals surface area contributed by atoms with Crippen LogP contribution in [0.15, 0.2) is 47.3 Å². The van der Waals surface area contributed by atoms with Crippen molar-refractivity contribution >= 4 is 16.8 Å². The van der Waals surface area contributed by atoms with Crippen LogP contribution in [0.5, 0.6) is 11.5 Å². The number of rotatable bonds is 6. The van der Waals surface area contributed by atoms with E-state index in [1.54, 1.807) is 36.4 Å². The van der Waals surface area contributed by atoms with E-state index in [-0.39, 0.29) is 24.1 Å². The molecule has 0 aliphatic heterocycles. The van der Waals surface area contributed by atoms with Crippen LogP contribution in [0.25, 0.3) is 22.3 Å². The highest BCUT2D eigenvalue weighted by Gasteiger charge is 2.17. The summed E-state index contributed by atoms with van der Waals surface area (Å²) in [5.74, 6) is 1.24. The van der Waals surface area contributed by atoms with Crippen molar-refractivity contribution in [3.05, 3.63) is 52.8 Å². The molecule has 0 atom stereocenters. The van der Waals surface area contributed by atoms with Gasteiger partial charge < -0.3 is 19.8 Å². The SMILES string of the molecule is COc1cc(-c2nc3ccccc3c(=O)[nH]2)ccc1OCC(=O)NC1CCCCC1. The summed E-state index contributed by atoms with van der Waals surface area (Å²) in [6.07, 6.45) is 5.61. The lowest BCUT2D eigenvalue weighted by Crippen LogP contribution is -2.39. The van der Waals surface area contributed by atoms with E-state index in [0.29, 0.717) is 33.8 Å². The number of nitrogens with one attached hydrogen (secondary N) is 2. The van der Waals surface area contributed by atoms with Gasteiger partial charge in [-0.15, -0.1) is 0 Å². The van der Waals surface area contributed by atoms with Crippen LogP contribution in [0.3, 0.4) is 0 Å². The molecule has 30 heavy (non-hydrogen) atoms. The molecular weight excluding hydrogens is 382 g/mol. The molecule has 0 radical (unpaired) electrons. The number of hydrogen-bond donors (Lipinski definition) is 2. The Bertz CT molecular complexity index is 1100. The minimum atomic E-state index is -0.200. The highest BCUT2D eigenvalue weighted by atomic mass is 16.5. The van der Waals surface area contributed by atoms with Gasteiger partial charge in [0.2, 0.25) is 0 Å². The zero-order valence-corrected chi connectivity index (χ0v) is 16.9. The Kier molecular flexibility index (Phi) is 5.97. The van der Waals surface area contributed by atoms with Crippen LogP contribution in [0, 0.1) is 0 Å². The van der Waals surface area contributed by atoms with E-state index in [0.717, 1.165) is 25.7 Å². The lowest BCUT2D eigenvalue weighted by Gasteiger charge is -2.22. The predicted molar refractivity (Wildman–Crippen MR) is 115 cm³/mol. The first-order valence-corrected chi connectivity index (χ1v) is 10.2. The molecule has 3 aromatic rings. The van der Waals surface area contributed by atoms with Crippen molar-refractivity contribution in [1.29, 1.82) is 0 Å². The number of fused-ring (bicyclic) bond motifs is 1. The quantitative estimate of drug-likeness (QED) is 0.653. The maximum Gasteiger partial charge on any atom is 0.259 e. The molecule has 2 aromatic carbocycles. The second-order valence-corrected chi connectivity index (χ2v) is 7.49. The van der Waals surface area contributed by atoms with Crippen molar-refractivity contribution in [2.75, 3.05) is 13.7 Å². The molecule has 0 unspecified atom stereocenters. The number of carbonyl (C=O) groups excluding carboxylic acids is 1. The molecule has 2 N–H and O–H groups in total. The molecule has 7 heteroatoms. The Morgan fingerprint density at radius 3 is 2.73 bits per heavy atom. The molecule has 156 valence electrons. The van der Waals surface area contributed by atoms with Gasteiger partial charge in [0.25, 0.3) is 11.5 Å². The van der Waals surface area contributed by atoms with Gasteiger partial charge in [0, 0.05) is 11.6 Å². The van der Waals surface area contributed by atoms with Gasteiger partial charge >= 0.3 is 0 Å². The summed E-state index contributed by atoms with van der Waals surface area (Å²) in [4.78, 5) is 31.9. The molecule has 0 spiro atoms. The van der Waals surface area contributed by atoms with Crippen molar-refractivity contribution < 1.29 is 14.3 Å². The van der Waals surface area contributed by atoms with E-state index in [9.17, 15) is 9.59 Å². The summed E-state index contributed by atoms with van der Waals surface area (Å²) in [5, 5.41) is 3.57. The predicted octanol–water partition coefficient (Wildman–Crippen LogP) is 3.43. The van der Waals surface area contributed by atoms with Crippen molar-refractivity contribution in [3.63, 3.8) is 0 Å². The first-order chi connectivity index (χ1) is 14.6. The smallest absolute Gasteiger partial charge is 0.259 e. The molecule has 1 amide bonds. The van der Waals surface area contributed by atoms with Crippen molar-refractivity contribution in [3.8, 4) is 22.9 Å². The first kappa shape index (κ1) is 19.9. The Morgan fingerprint density at radius 2 is 1.93 bits per heavy atom. The number of methoxy groups -OCH3 is 1. The van der Waals surface area contributed by atoms with Gasteiger partial charge in [-0.1, -0.05) is 31.4 Å². The Hall–Kier alpha value is -3.35. The fourth-order valence-electron chi connectivity index (χ4n) is 3.82. The number of carbonyl (C=O) groups is 1. The van der Waals surface area contributed by atoms with Crippen LogP contribution in [0.2, 0.25) is 0 Å². The van der Waals surface area contributed by atoms with Gasteiger partial charge in [0.05, 0.1) is 18.0 Å². The molecular formula is C23H25N3O4. The molecule has 1 aliphatic rings. The van der Waals surface area contributed by atoms with E-state index in [1.807, 2.05) is 6.07 Å². The lowest BCUT2D eigenvalue weighted by atomic mass is 9.95. The second kappa shape index (κ2) is 8.98. The second-order valence-electron chi connectivity index (χ2n) is 7.49. The van der Waals surface area contributed by atoms with Crippen molar-refractivity contribution in [2.45, 2.75) is 38.1 Å². The summed E-state index contributed by atoms with van der Waals surface area (Å²) in [6.45, 7) is -0.0722. The number of nitrogens with zero attached hydrogens (tertiary/aromatic N) is 1. The van der Waals surface area contributed by atoms with Gasteiger partial charge in [-0.25, -0.2) is 4.98 Å². The van der Waals surface area contributed by atoms with Crippen molar-refractivity contribution in [1.82, 2.24) is 15.3 Å². The average Bonchev–Trinajstić information content (AvgIpc) is 2.78. The van der Waals surface area contributed by atoms with Crippen LogP contribution >= 0.6 is 0 Å². The van der Waals surface area contributed by atoms with Gasteiger partial charge in [-0.3, -0.25) is 9.59 Å². The van der Waals surface area contributed by atoms with E-state index < -0.39 is 0 Å². The lowest BCUT2D eigenvalue weighted by molar-refractivity contribution is -0.124. The first-order valence-electron chi connectivity index (χ1n) is 10.2. The number of para-hydroxylation sites is 1.